The van der Waals surface area contributed by atoms with E-state index in [1.807, 2.05) is 47.1 Å². The van der Waals surface area contributed by atoms with Gasteiger partial charge in [0.05, 0.1) is 11.9 Å². The zero-order valence-corrected chi connectivity index (χ0v) is 18.0. The maximum Gasteiger partial charge on any atom is 0.405 e. The zero-order valence-electron chi connectivity index (χ0n) is 18.0. The van der Waals surface area contributed by atoms with Crippen molar-refractivity contribution in [2.45, 2.75) is 25.9 Å². The molecule has 0 saturated heterocycles. The van der Waals surface area contributed by atoms with Gasteiger partial charge in [-0.05, 0) is 41.8 Å². The standard InChI is InChI=1S/C24H22F3N5O/c1-15(2)20-7-6-18(12-28-20)16-8-9-32-21(13-29-22(32)11-16)17-4-3-5-19(10-17)31-23(33)30-14-24(25,26)27/h3-13,15H,14H2,1-2H3,(H2,30,31,33). The Bertz CT molecular complexity index is 1280. The molecule has 0 saturated carbocycles. The van der Waals surface area contributed by atoms with E-state index in [0.717, 1.165) is 33.7 Å². The van der Waals surface area contributed by atoms with E-state index in [2.05, 4.69) is 29.1 Å². The van der Waals surface area contributed by atoms with Crippen LogP contribution in [-0.2, 0) is 0 Å². The van der Waals surface area contributed by atoms with Crippen molar-refractivity contribution in [1.82, 2.24) is 19.7 Å². The lowest BCUT2D eigenvalue weighted by molar-refractivity contribution is -0.122. The van der Waals surface area contributed by atoms with Crippen LogP contribution in [0.2, 0.25) is 0 Å². The number of aromatic nitrogens is 3. The number of carbonyl (C=O) groups is 1. The lowest BCUT2D eigenvalue weighted by Crippen LogP contribution is -2.36. The van der Waals surface area contributed by atoms with Gasteiger partial charge in [-0.15, -0.1) is 0 Å². The molecule has 3 aromatic heterocycles. The summed E-state index contributed by atoms with van der Waals surface area (Å²) < 4.78 is 38.8. The van der Waals surface area contributed by atoms with Crippen molar-refractivity contribution in [3.63, 3.8) is 0 Å². The molecule has 170 valence electrons. The molecule has 0 atom stereocenters. The van der Waals surface area contributed by atoms with Crippen LogP contribution in [0.25, 0.3) is 28.0 Å². The molecule has 9 heteroatoms. The predicted octanol–water partition coefficient (Wildman–Crippen LogP) is 5.87. The Hall–Kier alpha value is -3.88. The summed E-state index contributed by atoms with van der Waals surface area (Å²) >= 11 is 0. The van der Waals surface area contributed by atoms with Gasteiger partial charge in [0, 0.05) is 34.9 Å². The largest absolute Gasteiger partial charge is 0.405 e. The molecule has 0 radical (unpaired) electrons. The number of imidazole rings is 1. The van der Waals surface area contributed by atoms with Crippen LogP contribution < -0.4 is 10.6 Å². The summed E-state index contributed by atoms with van der Waals surface area (Å²) in [6.07, 6.45) is 0.993. The van der Waals surface area contributed by atoms with Crippen LogP contribution in [0.15, 0.2) is 67.1 Å². The second-order valence-corrected chi connectivity index (χ2v) is 7.92. The molecule has 2 amide bonds. The molecule has 0 aliphatic carbocycles. The number of hydrogen-bond donors (Lipinski definition) is 2. The Labute approximate surface area is 188 Å². The number of urea groups is 1. The van der Waals surface area contributed by atoms with Crippen molar-refractivity contribution < 1.29 is 18.0 Å². The van der Waals surface area contributed by atoms with Gasteiger partial charge in [-0.3, -0.25) is 9.38 Å². The van der Waals surface area contributed by atoms with E-state index in [0.29, 0.717) is 11.6 Å². The van der Waals surface area contributed by atoms with Gasteiger partial charge < -0.3 is 10.6 Å². The molecule has 0 fully saturated rings. The van der Waals surface area contributed by atoms with Crippen molar-refractivity contribution >= 4 is 17.4 Å². The van der Waals surface area contributed by atoms with Gasteiger partial charge in [-0.1, -0.05) is 32.0 Å². The molecule has 0 spiro atoms. The number of rotatable bonds is 5. The van der Waals surface area contributed by atoms with E-state index in [1.54, 1.807) is 29.7 Å². The van der Waals surface area contributed by atoms with Gasteiger partial charge in [-0.25, -0.2) is 9.78 Å². The first-order valence-electron chi connectivity index (χ1n) is 10.3. The fraction of sp³-hybridized carbons (Fsp3) is 0.208. The van der Waals surface area contributed by atoms with Crippen molar-refractivity contribution in [1.29, 1.82) is 0 Å². The fourth-order valence-corrected chi connectivity index (χ4v) is 3.40. The zero-order chi connectivity index (χ0) is 23.6. The van der Waals surface area contributed by atoms with Crippen LogP contribution in [0.1, 0.15) is 25.5 Å². The Morgan fingerprint density at radius 3 is 2.52 bits per heavy atom. The molecule has 33 heavy (non-hydrogen) atoms. The van der Waals surface area contributed by atoms with Crippen LogP contribution in [-0.4, -0.2) is 33.1 Å². The van der Waals surface area contributed by atoms with Crippen LogP contribution in [0, 0.1) is 0 Å². The Morgan fingerprint density at radius 1 is 1.00 bits per heavy atom. The van der Waals surface area contributed by atoms with Gasteiger partial charge in [0.25, 0.3) is 0 Å². The number of halogens is 3. The minimum Gasteiger partial charge on any atom is -0.329 e. The van der Waals surface area contributed by atoms with Gasteiger partial charge in [0.15, 0.2) is 0 Å². The average molecular weight is 453 g/mol. The summed E-state index contributed by atoms with van der Waals surface area (Å²) in [4.78, 5) is 20.8. The molecule has 4 rings (SSSR count). The van der Waals surface area contributed by atoms with Crippen LogP contribution in [0.5, 0.6) is 0 Å². The monoisotopic (exact) mass is 453 g/mol. The van der Waals surface area contributed by atoms with Crippen molar-refractivity contribution in [3.05, 3.63) is 72.8 Å². The van der Waals surface area contributed by atoms with Gasteiger partial charge in [0.1, 0.15) is 12.2 Å². The van der Waals surface area contributed by atoms with Gasteiger partial charge >= 0.3 is 12.2 Å². The number of nitrogens with one attached hydrogen (secondary N) is 2. The van der Waals surface area contributed by atoms with E-state index in [-0.39, 0.29) is 0 Å². The van der Waals surface area contributed by atoms with E-state index < -0.39 is 18.8 Å². The van der Waals surface area contributed by atoms with E-state index in [1.165, 1.54) is 0 Å². The lowest BCUT2D eigenvalue weighted by atomic mass is 10.1. The van der Waals surface area contributed by atoms with E-state index >= 15 is 0 Å². The quantitative estimate of drug-likeness (QED) is 0.397. The summed E-state index contributed by atoms with van der Waals surface area (Å²) in [5, 5.41) is 4.21. The molecule has 1 aromatic carbocycles. The van der Waals surface area contributed by atoms with Gasteiger partial charge in [0.2, 0.25) is 0 Å². The molecular weight excluding hydrogens is 431 g/mol. The number of carbonyl (C=O) groups excluding carboxylic acids is 1. The topological polar surface area (TPSA) is 71.3 Å². The molecule has 0 aliphatic heterocycles. The van der Waals surface area contributed by atoms with Crippen LogP contribution >= 0.6 is 0 Å². The van der Waals surface area contributed by atoms with Crippen LogP contribution in [0.4, 0.5) is 23.7 Å². The summed E-state index contributed by atoms with van der Waals surface area (Å²) in [6, 6.07) is 13.9. The van der Waals surface area contributed by atoms with Crippen LogP contribution in [0.3, 0.4) is 0 Å². The average Bonchev–Trinajstić information content (AvgIpc) is 3.21. The Morgan fingerprint density at radius 2 is 1.82 bits per heavy atom. The number of nitrogens with zero attached hydrogens (tertiary/aromatic N) is 3. The SMILES string of the molecule is CC(C)c1ccc(-c2ccn3c(-c4cccc(NC(=O)NCC(F)(F)F)c4)cnc3c2)cn1. The number of pyridine rings is 2. The molecule has 0 unspecified atom stereocenters. The molecular formula is C24H22F3N5O. The first-order chi connectivity index (χ1) is 15.7. The second-order valence-electron chi connectivity index (χ2n) is 7.92. The molecule has 4 aromatic rings. The third-order valence-electron chi connectivity index (χ3n) is 5.09. The molecule has 6 nitrogen and oxygen atoms in total. The third kappa shape index (κ3) is 5.31. The maximum absolute atomic E-state index is 12.3. The number of anilines is 1. The summed E-state index contributed by atoms with van der Waals surface area (Å²) in [7, 11) is 0. The van der Waals surface area contributed by atoms with Crippen molar-refractivity contribution in [2.75, 3.05) is 11.9 Å². The summed E-state index contributed by atoms with van der Waals surface area (Å²) in [6.45, 7) is 2.79. The van der Waals surface area contributed by atoms with Gasteiger partial charge in [-0.2, -0.15) is 13.2 Å². The summed E-state index contributed by atoms with van der Waals surface area (Å²) in [5.74, 6) is 0.359. The lowest BCUT2D eigenvalue weighted by Gasteiger charge is -2.11. The fourth-order valence-electron chi connectivity index (χ4n) is 3.40. The number of amides is 2. The Balaban J connectivity index is 1.55. The normalized spacial score (nSPS) is 11.7. The highest BCUT2D eigenvalue weighted by atomic mass is 19.4. The molecule has 3 heterocycles. The van der Waals surface area contributed by atoms with Crippen molar-refractivity contribution in [2.24, 2.45) is 0 Å². The maximum atomic E-state index is 12.3. The summed E-state index contributed by atoms with van der Waals surface area (Å²) in [5.41, 5.74) is 5.65. The molecule has 0 bridgehead atoms. The highest BCUT2D eigenvalue weighted by Gasteiger charge is 2.27. The minimum atomic E-state index is -4.47. The predicted molar refractivity (Wildman–Crippen MR) is 121 cm³/mol. The second kappa shape index (κ2) is 8.93. The highest BCUT2D eigenvalue weighted by Crippen LogP contribution is 2.27. The first-order valence-corrected chi connectivity index (χ1v) is 10.3. The number of alkyl halides is 3. The highest BCUT2D eigenvalue weighted by molar-refractivity contribution is 5.90. The smallest absolute Gasteiger partial charge is 0.329 e. The third-order valence-corrected chi connectivity index (χ3v) is 5.09. The number of benzene rings is 1. The molecule has 0 aliphatic rings. The first kappa shape index (κ1) is 22.3. The Kier molecular flexibility index (Phi) is 6.04. The van der Waals surface area contributed by atoms with E-state index in [9.17, 15) is 18.0 Å². The number of hydrogen-bond acceptors (Lipinski definition) is 3. The van der Waals surface area contributed by atoms with Crippen molar-refractivity contribution in [3.8, 4) is 22.4 Å². The molecule has 2 N–H and O–H groups in total. The minimum absolute atomic E-state index is 0.359. The number of fused-ring (bicyclic) bond motifs is 1. The van der Waals surface area contributed by atoms with E-state index in [4.69, 9.17) is 0 Å².